The van der Waals surface area contributed by atoms with E-state index < -0.39 is 0 Å². The van der Waals surface area contributed by atoms with Gasteiger partial charge in [-0.3, -0.25) is 0 Å². The lowest BCUT2D eigenvalue weighted by Crippen LogP contribution is -2.51. The van der Waals surface area contributed by atoms with Gasteiger partial charge in [0, 0.05) is 32.7 Å². The number of morpholine rings is 1. The van der Waals surface area contributed by atoms with Crippen molar-refractivity contribution in [3.63, 3.8) is 0 Å². The topological polar surface area (TPSA) is 44.8 Å². The lowest BCUT2D eigenvalue weighted by Gasteiger charge is -2.35. The summed E-state index contributed by atoms with van der Waals surface area (Å²) < 4.78 is 5.67. The Balaban J connectivity index is 1.57. The number of amides is 2. The number of piperidine rings is 1. The molecule has 0 aromatic rings. The van der Waals surface area contributed by atoms with Crippen LogP contribution in [0.15, 0.2) is 0 Å². The van der Waals surface area contributed by atoms with Crippen molar-refractivity contribution in [3.8, 4) is 0 Å². The summed E-state index contributed by atoms with van der Waals surface area (Å²) in [5.41, 5.74) is 0. The summed E-state index contributed by atoms with van der Waals surface area (Å²) in [6.45, 7) is 14.6. The number of nitrogens with one attached hydrogen (secondary N) is 1. The van der Waals surface area contributed by atoms with Gasteiger partial charge in [0.1, 0.15) is 0 Å². The van der Waals surface area contributed by atoms with E-state index in [1.54, 1.807) is 0 Å². The van der Waals surface area contributed by atoms with Crippen LogP contribution in [0.4, 0.5) is 4.79 Å². The van der Waals surface area contributed by atoms with Crippen molar-refractivity contribution < 1.29 is 9.53 Å². The molecule has 2 aliphatic rings. The highest BCUT2D eigenvalue weighted by Crippen LogP contribution is 2.21. The third kappa shape index (κ3) is 6.30. The molecule has 5 nitrogen and oxygen atoms in total. The van der Waals surface area contributed by atoms with Gasteiger partial charge in [-0.15, -0.1) is 0 Å². The Morgan fingerprint density at radius 3 is 2.22 bits per heavy atom. The molecule has 0 aliphatic carbocycles. The van der Waals surface area contributed by atoms with Gasteiger partial charge < -0.3 is 19.9 Å². The largest absolute Gasteiger partial charge is 0.372 e. The smallest absolute Gasteiger partial charge is 0.317 e. The van der Waals surface area contributed by atoms with Crippen LogP contribution in [0.5, 0.6) is 0 Å². The molecule has 23 heavy (non-hydrogen) atoms. The third-order valence-electron chi connectivity index (χ3n) is 4.83. The van der Waals surface area contributed by atoms with Gasteiger partial charge in [0.2, 0.25) is 0 Å². The minimum absolute atomic E-state index is 0.0622. The SMILES string of the molecule is CC1CC(C)CN(CCCCNC(=O)N2CC(C)OC(C)C2)C1. The molecule has 0 radical (unpaired) electrons. The number of likely N-dealkylation sites (tertiary alicyclic amines) is 1. The van der Waals surface area contributed by atoms with E-state index in [4.69, 9.17) is 4.74 Å². The molecule has 0 saturated carbocycles. The molecule has 4 atom stereocenters. The van der Waals surface area contributed by atoms with Crippen molar-refractivity contribution >= 4 is 6.03 Å². The number of nitrogens with zero attached hydrogens (tertiary/aromatic N) is 2. The van der Waals surface area contributed by atoms with E-state index in [0.29, 0.717) is 13.1 Å². The summed E-state index contributed by atoms with van der Waals surface area (Å²) in [5, 5.41) is 3.06. The molecule has 2 saturated heterocycles. The lowest BCUT2D eigenvalue weighted by atomic mass is 9.92. The Labute approximate surface area is 141 Å². The van der Waals surface area contributed by atoms with Crippen LogP contribution >= 0.6 is 0 Å². The van der Waals surface area contributed by atoms with Crippen molar-refractivity contribution in [2.45, 2.75) is 59.2 Å². The number of rotatable bonds is 5. The highest BCUT2D eigenvalue weighted by molar-refractivity contribution is 5.74. The van der Waals surface area contributed by atoms with Gasteiger partial charge in [0.05, 0.1) is 12.2 Å². The number of ether oxygens (including phenoxy) is 1. The Hall–Kier alpha value is -0.810. The minimum atomic E-state index is 0.0622. The zero-order valence-electron chi connectivity index (χ0n) is 15.4. The molecule has 4 unspecified atom stereocenters. The third-order valence-corrected chi connectivity index (χ3v) is 4.83. The maximum absolute atomic E-state index is 12.2. The Morgan fingerprint density at radius 1 is 1.00 bits per heavy atom. The summed E-state index contributed by atoms with van der Waals surface area (Å²) in [6, 6.07) is 0.0622. The molecule has 2 fully saturated rings. The number of carbonyl (C=O) groups is 1. The minimum Gasteiger partial charge on any atom is -0.372 e. The van der Waals surface area contributed by atoms with Gasteiger partial charge in [-0.25, -0.2) is 4.79 Å². The van der Waals surface area contributed by atoms with Crippen LogP contribution in [0.25, 0.3) is 0 Å². The number of unbranched alkanes of at least 4 members (excludes halogenated alkanes) is 1. The van der Waals surface area contributed by atoms with E-state index in [2.05, 4.69) is 24.1 Å². The molecule has 5 heteroatoms. The molecule has 1 N–H and O–H groups in total. The highest BCUT2D eigenvalue weighted by atomic mass is 16.5. The van der Waals surface area contributed by atoms with Crippen molar-refractivity contribution in [3.05, 3.63) is 0 Å². The standard InChI is InChI=1S/C18H35N3O2/c1-14-9-15(2)11-20(10-14)8-6-5-7-19-18(22)21-12-16(3)23-17(4)13-21/h14-17H,5-13H2,1-4H3,(H,19,22). The van der Waals surface area contributed by atoms with Crippen LogP contribution in [0, 0.1) is 11.8 Å². The van der Waals surface area contributed by atoms with Gasteiger partial charge >= 0.3 is 6.03 Å². The molecular weight excluding hydrogens is 290 g/mol. The van der Waals surface area contributed by atoms with E-state index in [9.17, 15) is 4.79 Å². The number of urea groups is 1. The summed E-state index contributed by atoms with van der Waals surface area (Å²) in [5.74, 6) is 1.65. The van der Waals surface area contributed by atoms with Crippen molar-refractivity contribution in [1.82, 2.24) is 15.1 Å². The first-order valence-electron chi connectivity index (χ1n) is 9.34. The predicted octanol–water partition coefficient (Wildman–Crippen LogP) is 2.56. The number of hydrogen-bond donors (Lipinski definition) is 1. The van der Waals surface area contributed by atoms with Gasteiger partial charge in [0.15, 0.2) is 0 Å². The Morgan fingerprint density at radius 2 is 1.61 bits per heavy atom. The van der Waals surface area contributed by atoms with Gasteiger partial charge in [-0.05, 0) is 51.5 Å². The molecular formula is C18H35N3O2. The second kappa shape index (κ2) is 8.88. The fourth-order valence-electron chi connectivity index (χ4n) is 4.09. The quantitative estimate of drug-likeness (QED) is 0.790. The molecule has 0 aromatic carbocycles. The fourth-order valence-corrected chi connectivity index (χ4v) is 4.09. The molecule has 2 rings (SSSR count). The molecule has 2 amide bonds. The first kappa shape index (κ1) is 18.5. The molecule has 2 aliphatic heterocycles. The number of carbonyl (C=O) groups excluding carboxylic acids is 1. The highest BCUT2D eigenvalue weighted by Gasteiger charge is 2.25. The second-order valence-electron chi connectivity index (χ2n) is 7.81. The van der Waals surface area contributed by atoms with Crippen molar-refractivity contribution in [2.24, 2.45) is 11.8 Å². The van der Waals surface area contributed by atoms with Crippen LogP contribution < -0.4 is 5.32 Å². The summed E-state index contributed by atoms with van der Waals surface area (Å²) >= 11 is 0. The van der Waals surface area contributed by atoms with Crippen LogP contribution in [0.3, 0.4) is 0 Å². The van der Waals surface area contributed by atoms with Gasteiger partial charge in [-0.1, -0.05) is 13.8 Å². The van der Waals surface area contributed by atoms with Crippen LogP contribution in [0.2, 0.25) is 0 Å². The predicted molar refractivity (Wildman–Crippen MR) is 93.6 cm³/mol. The van der Waals surface area contributed by atoms with Crippen molar-refractivity contribution in [2.75, 3.05) is 39.3 Å². The summed E-state index contributed by atoms with van der Waals surface area (Å²) in [4.78, 5) is 16.7. The zero-order valence-corrected chi connectivity index (χ0v) is 15.4. The van der Waals surface area contributed by atoms with E-state index in [1.165, 1.54) is 19.5 Å². The normalized spacial score (nSPS) is 32.8. The zero-order chi connectivity index (χ0) is 16.8. The lowest BCUT2D eigenvalue weighted by molar-refractivity contribution is -0.0545. The first-order valence-corrected chi connectivity index (χ1v) is 9.34. The molecule has 0 aromatic heterocycles. The second-order valence-corrected chi connectivity index (χ2v) is 7.81. The maximum Gasteiger partial charge on any atom is 0.317 e. The molecule has 0 bridgehead atoms. The van der Waals surface area contributed by atoms with Gasteiger partial charge in [-0.2, -0.15) is 0 Å². The van der Waals surface area contributed by atoms with Crippen LogP contribution in [-0.4, -0.2) is 67.3 Å². The van der Waals surface area contributed by atoms with Crippen LogP contribution in [0.1, 0.15) is 47.0 Å². The first-order chi connectivity index (χ1) is 10.9. The Bertz CT molecular complexity index is 357. The monoisotopic (exact) mass is 325 g/mol. The van der Waals surface area contributed by atoms with Gasteiger partial charge in [0.25, 0.3) is 0 Å². The fraction of sp³-hybridized carbons (Fsp3) is 0.944. The van der Waals surface area contributed by atoms with Crippen molar-refractivity contribution in [1.29, 1.82) is 0 Å². The number of hydrogen-bond acceptors (Lipinski definition) is 3. The summed E-state index contributed by atoms with van der Waals surface area (Å²) in [7, 11) is 0. The summed E-state index contributed by atoms with van der Waals surface area (Å²) in [6.07, 6.45) is 3.85. The average molecular weight is 325 g/mol. The van der Waals surface area contributed by atoms with E-state index in [0.717, 1.165) is 37.8 Å². The van der Waals surface area contributed by atoms with E-state index in [1.807, 2.05) is 18.7 Å². The molecule has 0 spiro atoms. The average Bonchev–Trinajstić information content (AvgIpc) is 2.44. The molecule has 2 heterocycles. The van der Waals surface area contributed by atoms with E-state index in [-0.39, 0.29) is 18.2 Å². The molecule has 134 valence electrons. The Kier molecular flexibility index (Phi) is 7.15. The van der Waals surface area contributed by atoms with E-state index >= 15 is 0 Å². The van der Waals surface area contributed by atoms with Crippen LogP contribution in [-0.2, 0) is 4.74 Å². The maximum atomic E-state index is 12.2.